The Morgan fingerprint density at radius 2 is 1.60 bits per heavy atom. The molecule has 0 heterocycles. The molecule has 1 unspecified atom stereocenters. The minimum atomic E-state index is -0.250. The molecule has 0 spiro atoms. The van der Waals surface area contributed by atoms with Crippen LogP contribution in [0.4, 0.5) is 0 Å². The van der Waals surface area contributed by atoms with Crippen molar-refractivity contribution in [2.75, 3.05) is 6.54 Å². The summed E-state index contributed by atoms with van der Waals surface area (Å²) in [4.78, 5) is 14.6. The molecule has 164 valence electrons. The predicted octanol–water partition coefficient (Wildman–Crippen LogP) is 5.38. The van der Waals surface area contributed by atoms with Gasteiger partial charge in [0.15, 0.2) is 0 Å². The maximum Gasteiger partial charge on any atom is 0.313 e. The number of rotatable bonds is 10. The molecule has 0 aliphatic carbocycles. The van der Waals surface area contributed by atoms with Gasteiger partial charge < -0.3 is 9.84 Å². The van der Waals surface area contributed by atoms with E-state index in [0.717, 1.165) is 24.1 Å². The monoisotopic (exact) mass is 411 g/mol. The summed E-state index contributed by atoms with van der Waals surface area (Å²) >= 11 is 0. The standard InChI is InChI=1S/C26H37NO3/c1-18(2)26(29)30-23-13-12-22(17-28)25(16-23)24(21-10-8-7-9-11-21)14-15-27(19(3)4)20(5)6/h7-13,16,18-20,24,28H,14-15,17H2,1-6H3. The van der Waals surface area contributed by atoms with Crippen molar-refractivity contribution in [3.63, 3.8) is 0 Å². The molecule has 1 atom stereocenters. The fourth-order valence-electron chi connectivity index (χ4n) is 3.92. The molecule has 2 aromatic carbocycles. The number of hydrogen-bond donors (Lipinski definition) is 1. The van der Waals surface area contributed by atoms with E-state index in [1.807, 2.05) is 44.2 Å². The third kappa shape index (κ3) is 6.41. The fraction of sp³-hybridized carbons (Fsp3) is 0.500. The molecule has 0 amide bonds. The number of aliphatic hydroxyl groups is 1. The number of carbonyl (C=O) groups excluding carboxylic acids is 1. The lowest BCUT2D eigenvalue weighted by Crippen LogP contribution is -2.38. The van der Waals surface area contributed by atoms with Crippen LogP contribution in [0, 0.1) is 5.92 Å². The zero-order valence-electron chi connectivity index (χ0n) is 19.3. The Hall–Kier alpha value is -2.17. The van der Waals surface area contributed by atoms with Crippen molar-refractivity contribution >= 4 is 5.97 Å². The first-order chi connectivity index (χ1) is 14.2. The summed E-state index contributed by atoms with van der Waals surface area (Å²) in [5.74, 6) is 0.193. The third-order valence-electron chi connectivity index (χ3n) is 5.56. The van der Waals surface area contributed by atoms with Crippen LogP contribution >= 0.6 is 0 Å². The van der Waals surface area contributed by atoms with E-state index >= 15 is 0 Å². The number of benzene rings is 2. The molecule has 0 bridgehead atoms. The van der Waals surface area contributed by atoms with Crippen LogP contribution in [0.1, 0.15) is 70.6 Å². The van der Waals surface area contributed by atoms with Crippen molar-refractivity contribution in [2.45, 2.75) is 72.6 Å². The highest BCUT2D eigenvalue weighted by Gasteiger charge is 2.22. The van der Waals surface area contributed by atoms with Gasteiger partial charge in [-0.15, -0.1) is 0 Å². The zero-order valence-corrected chi connectivity index (χ0v) is 19.3. The van der Waals surface area contributed by atoms with Gasteiger partial charge in [-0.3, -0.25) is 9.69 Å². The van der Waals surface area contributed by atoms with Crippen molar-refractivity contribution in [2.24, 2.45) is 5.92 Å². The molecule has 1 N–H and O–H groups in total. The van der Waals surface area contributed by atoms with Crippen molar-refractivity contribution in [3.05, 3.63) is 65.2 Å². The minimum absolute atomic E-state index is 0.0465. The molecule has 0 saturated carbocycles. The van der Waals surface area contributed by atoms with Gasteiger partial charge in [0.2, 0.25) is 0 Å². The first-order valence-corrected chi connectivity index (χ1v) is 11.0. The summed E-state index contributed by atoms with van der Waals surface area (Å²) in [5.41, 5.74) is 3.09. The van der Waals surface area contributed by atoms with E-state index in [4.69, 9.17) is 4.74 Å². The van der Waals surface area contributed by atoms with Crippen LogP contribution in [0.15, 0.2) is 48.5 Å². The van der Waals surface area contributed by atoms with Crippen LogP contribution in [0.3, 0.4) is 0 Å². The summed E-state index contributed by atoms with van der Waals surface area (Å²) < 4.78 is 5.57. The maximum atomic E-state index is 12.1. The van der Waals surface area contributed by atoms with Crippen LogP contribution in [0.2, 0.25) is 0 Å². The summed E-state index contributed by atoms with van der Waals surface area (Å²) in [6, 6.07) is 16.9. The molecule has 0 aromatic heterocycles. The van der Waals surface area contributed by atoms with Crippen molar-refractivity contribution in [1.29, 1.82) is 0 Å². The Balaban J connectivity index is 2.43. The lowest BCUT2D eigenvalue weighted by molar-refractivity contribution is -0.137. The Bertz CT molecular complexity index is 791. The molecule has 0 aliphatic rings. The quantitative estimate of drug-likeness (QED) is 0.421. The third-order valence-corrected chi connectivity index (χ3v) is 5.56. The Morgan fingerprint density at radius 1 is 0.967 bits per heavy atom. The van der Waals surface area contributed by atoms with Crippen molar-refractivity contribution in [1.82, 2.24) is 4.90 Å². The number of ether oxygens (including phenoxy) is 1. The lowest BCUT2D eigenvalue weighted by atomic mass is 9.85. The second-order valence-electron chi connectivity index (χ2n) is 8.77. The molecule has 2 aromatic rings. The molecule has 0 radical (unpaired) electrons. The molecule has 4 nitrogen and oxygen atoms in total. The number of carbonyl (C=O) groups is 1. The Kier molecular flexibility index (Phi) is 9.07. The Labute approximate surface area is 181 Å². The van der Waals surface area contributed by atoms with E-state index < -0.39 is 0 Å². The highest BCUT2D eigenvalue weighted by Crippen LogP contribution is 2.34. The fourth-order valence-corrected chi connectivity index (χ4v) is 3.92. The van der Waals surface area contributed by atoms with Gasteiger partial charge in [0.05, 0.1) is 12.5 Å². The van der Waals surface area contributed by atoms with E-state index in [2.05, 4.69) is 44.7 Å². The average Bonchev–Trinajstić information content (AvgIpc) is 2.71. The smallest absolute Gasteiger partial charge is 0.313 e. The highest BCUT2D eigenvalue weighted by molar-refractivity contribution is 5.74. The predicted molar refractivity (Wildman–Crippen MR) is 123 cm³/mol. The molecule has 0 saturated heterocycles. The van der Waals surface area contributed by atoms with Gasteiger partial charge in [0.1, 0.15) is 5.75 Å². The maximum absolute atomic E-state index is 12.1. The molecule has 0 fully saturated rings. The number of hydrogen-bond acceptors (Lipinski definition) is 4. The summed E-state index contributed by atoms with van der Waals surface area (Å²) in [5, 5.41) is 10.0. The first kappa shape index (κ1) is 24.1. The van der Waals surface area contributed by atoms with Gasteiger partial charge in [-0.1, -0.05) is 50.2 Å². The second-order valence-corrected chi connectivity index (χ2v) is 8.77. The van der Waals surface area contributed by atoms with Crippen LogP contribution in [0.5, 0.6) is 5.75 Å². The van der Waals surface area contributed by atoms with Crippen molar-refractivity contribution in [3.8, 4) is 5.75 Å². The molecule has 30 heavy (non-hydrogen) atoms. The highest BCUT2D eigenvalue weighted by atomic mass is 16.5. The molecular weight excluding hydrogens is 374 g/mol. The zero-order chi connectivity index (χ0) is 22.3. The molecular formula is C26H37NO3. The van der Waals surface area contributed by atoms with Crippen LogP contribution in [-0.2, 0) is 11.4 Å². The Morgan fingerprint density at radius 3 is 2.13 bits per heavy atom. The molecule has 2 rings (SSSR count). The second kappa shape index (κ2) is 11.3. The van der Waals surface area contributed by atoms with E-state index in [9.17, 15) is 9.90 Å². The summed E-state index contributed by atoms with van der Waals surface area (Å²) in [6.45, 7) is 13.4. The van der Waals surface area contributed by atoms with Crippen LogP contribution in [-0.4, -0.2) is 34.6 Å². The van der Waals surface area contributed by atoms with Gasteiger partial charge in [0, 0.05) is 18.0 Å². The van der Waals surface area contributed by atoms with Gasteiger partial charge >= 0.3 is 5.97 Å². The van der Waals surface area contributed by atoms with Gasteiger partial charge in [-0.25, -0.2) is 0 Å². The van der Waals surface area contributed by atoms with Gasteiger partial charge in [-0.05, 0) is 69.5 Å². The average molecular weight is 412 g/mol. The first-order valence-electron chi connectivity index (χ1n) is 11.0. The molecule has 4 heteroatoms. The largest absolute Gasteiger partial charge is 0.426 e. The van der Waals surface area contributed by atoms with Gasteiger partial charge in [0.25, 0.3) is 0 Å². The number of esters is 1. The topological polar surface area (TPSA) is 49.8 Å². The summed E-state index contributed by atoms with van der Waals surface area (Å²) in [6.07, 6.45) is 0.912. The van der Waals surface area contributed by atoms with Gasteiger partial charge in [-0.2, -0.15) is 0 Å². The van der Waals surface area contributed by atoms with Crippen LogP contribution in [0.25, 0.3) is 0 Å². The number of aliphatic hydroxyl groups excluding tert-OH is 1. The van der Waals surface area contributed by atoms with E-state index in [-0.39, 0.29) is 24.4 Å². The van der Waals surface area contributed by atoms with Crippen molar-refractivity contribution < 1.29 is 14.6 Å². The summed E-state index contributed by atoms with van der Waals surface area (Å²) in [7, 11) is 0. The molecule has 0 aliphatic heterocycles. The van der Waals surface area contributed by atoms with E-state index in [1.165, 1.54) is 5.56 Å². The number of nitrogens with zero attached hydrogens (tertiary/aromatic N) is 1. The van der Waals surface area contributed by atoms with E-state index in [1.54, 1.807) is 6.07 Å². The minimum Gasteiger partial charge on any atom is -0.426 e. The lowest BCUT2D eigenvalue weighted by Gasteiger charge is -2.32. The van der Waals surface area contributed by atoms with E-state index in [0.29, 0.717) is 17.8 Å². The van der Waals surface area contributed by atoms with Crippen LogP contribution < -0.4 is 4.74 Å². The normalized spacial score (nSPS) is 12.8. The SMILES string of the molecule is CC(C)C(=O)Oc1ccc(CO)c(C(CCN(C(C)C)C(C)C)c2ccccc2)c1.